The molecule has 0 aromatic heterocycles. The van der Waals surface area contributed by atoms with Gasteiger partial charge < -0.3 is 15.0 Å². The zero-order chi connectivity index (χ0) is 16.6. The van der Waals surface area contributed by atoms with E-state index in [0.717, 1.165) is 12.8 Å². The standard InChI is InChI=1S/C17H22F2N2O2/c1-17(2)9-12(17)15(22)20-11-7-8-21(10-11)13-5-3-4-6-14(13)23-16(18)19/h3-6,11-12,16H,7-10H2,1-2H3,(H,20,22)/t11-,12+/m1/s1. The number of ether oxygens (including phenoxy) is 1. The predicted octanol–water partition coefficient (Wildman–Crippen LogP) is 3.03. The minimum absolute atomic E-state index is 0.0542. The van der Waals surface area contributed by atoms with Gasteiger partial charge in [-0.15, -0.1) is 0 Å². The lowest BCUT2D eigenvalue weighted by Crippen LogP contribution is -2.38. The molecule has 1 N–H and O–H groups in total. The molecule has 2 atom stereocenters. The van der Waals surface area contributed by atoms with Gasteiger partial charge in [-0.1, -0.05) is 26.0 Å². The molecule has 2 fully saturated rings. The monoisotopic (exact) mass is 324 g/mol. The second-order valence-corrected chi connectivity index (χ2v) is 7.03. The number of nitrogens with zero attached hydrogens (tertiary/aromatic N) is 1. The fourth-order valence-electron chi connectivity index (χ4n) is 3.23. The van der Waals surface area contributed by atoms with E-state index in [-0.39, 0.29) is 29.0 Å². The fourth-order valence-corrected chi connectivity index (χ4v) is 3.23. The van der Waals surface area contributed by atoms with E-state index in [2.05, 4.69) is 23.9 Å². The van der Waals surface area contributed by atoms with Gasteiger partial charge in [0, 0.05) is 25.0 Å². The lowest BCUT2D eigenvalue weighted by molar-refractivity contribution is -0.123. The first-order chi connectivity index (χ1) is 10.9. The largest absolute Gasteiger partial charge is 0.433 e. The quantitative estimate of drug-likeness (QED) is 0.905. The van der Waals surface area contributed by atoms with Gasteiger partial charge in [-0.2, -0.15) is 8.78 Å². The number of para-hydroxylation sites is 2. The summed E-state index contributed by atoms with van der Waals surface area (Å²) in [5, 5.41) is 3.09. The van der Waals surface area contributed by atoms with Crippen LogP contribution in [0.3, 0.4) is 0 Å². The number of amides is 1. The third-order valence-corrected chi connectivity index (χ3v) is 4.79. The number of halogens is 2. The highest BCUT2D eigenvalue weighted by Crippen LogP contribution is 2.51. The van der Waals surface area contributed by atoms with Crippen molar-refractivity contribution in [2.45, 2.75) is 39.3 Å². The van der Waals surface area contributed by atoms with Crippen LogP contribution in [0, 0.1) is 11.3 Å². The van der Waals surface area contributed by atoms with E-state index >= 15 is 0 Å². The van der Waals surface area contributed by atoms with Crippen LogP contribution in [0.25, 0.3) is 0 Å². The summed E-state index contributed by atoms with van der Waals surface area (Å²) < 4.78 is 29.6. The predicted molar refractivity (Wildman–Crippen MR) is 83.7 cm³/mol. The van der Waals surface area contributed by atoms with E-state index in [9.17, 15) is 13.6 Å². The zero-order valence-corrected chi connectivity index (χ0v) is 13.4. The van der Waals surface area contributed by atoms with Crippen molar-refractivity contribution in [1.29, 1.82) is 0 Å². The fraction of sp³-hybridized carbons (Fsp3) is 0.588. The number of hydrogen-bond donors (Lipinski definition) is 1. The molecule has 0 unspecified atom stereocenters. The van der Waals surface area contributed by atoms with Crippen molar-refractivity contribution < 1.29 is 18.3 Å². The normalized spacial score (nSPS) is 25.5. The molecule has 4 nitrogen and oxygen atoms in total. The molecule has 1 aliphatic carbocycles. The van der Waals surface area contributed by atoms with Gasteiger partial charge >= 0.3 is 6.61 Å². The lowest BCUT2D eigenvalue weighted by Gasteiger charge is -2.22. The summed E-state index contributed by atoms with van der Waals surface area (Å²) in [6, 6.07) is 6.84. The van der Waals surface area contributed by atoms with E-state index in [1.165, 1.54) is 0 Å². The van der Waals surface area contributed by atoms with Gasteiger partial charge in [0.1, 0.15) is 5.75 Å². The first-order valence-electron chi connectivity index (χ1n) is 7.96. The molecule has 0 spiro atoms. The van der Waals surface area contributed by atoms with E-state index in [4.69, 9.17) is 0 Å². The minimum Gasteiger partial charge on any atom is -0.433 e. The first kappa shape index (κ1) is 16.0. The van der Waals surface area contributed by atoms with Crippen LogP contribution in [-0.4, -0.2) is 31.7 Å². The van der Waals surface area contributed by atoms with Gasteiger partial charge in [0.25, 0.3) is 0 Å². The Balaban J connectivity index is 1.61. The molecular weight excluding hydrogens is 302 g/mol. The Labute approximate surface area is 134 Å². The summed E-state index contributed by atoms with van der Waals surface area (Å²) in [7, 11) is 0. The van der Waals surface area contributed by atoms with Gasteiger partial charge in [-0.3, -0.25) is 4.79 Å². The molecule has 23 heavy (non-hydrogen) atoms. The minimum atomic E-state index is -2.84. The number of nitrogens with one attached hydrogen (secondary N) is 1. The Morgan fingerprint density at radius 2 is 2.09 bits per heavy atom. The highest BCUT2D eigenvalue weighted by atomic mass is 19.3. The molecule has 1 heterocycles. The maximum absolute atomic E-state index is 12.5. The molecule has 0 bridgehead atoms. The van der Waals surface area contributed by atoms with Crippen molar-refractivity contribution in [3.05, 3.63) is 24.3 Å². The SMILES string of the molecule is CC1(C)C[C@H]1C(=O)N[C@@H]1CCN(c2ccccc2OC(F)F)C1. The second kappa shape index (κ2) is 5.98. The molecule has 1 aromatic carbocycles. The maximum atomic E-state index is 12.5. The summed E-state index contributed by atoms with van der Waals surface area (Å²) in [5.41, 5.74) is 0.761. The second-order valence-electron chi connectivity index (χ2n) is 7.03. The Bertz CT molecular complexity index is 592. The Hall–Kier alpha value is -1.85. The van der Waals surface area contributed by atoms with Gasteiger partial charge in [0.05, 0.1) is 5.69 Å². The molecule has 1 amide bonds. The number of anilines is 1. The van der Waals surface area contributed by atoms with Crippen LogP contribution in [0.5, 0.6) is 5.75 Å². The molecule has 2 aliphatic rings. The molecule has 126 valence electrons. The molecule has 1 saturated heterocycles. The number of rotatable bonds is 5. The summed E-state index contributed by atoms with van der Waals surface area (Å²) in [6.45, 7) is 2.67. The summed E-state index contributed by atoms with van der Waals surface area (Å²) in [5.74, 6) is 0.391. The van der Waals surface area contributed by atoms with Crippen molar-refractivity contribution >= 4 is 11.6 Å². The van der Waals surface area contributed by atoms with Crippen molar-refractivity contribution in [2.24, 2.45) is 11.3 Å². The molecule has 0 radical (unpaired) electrons. The van der Waals surface area contributed by atoms with Crippen LogP contribution in [0.4, 0.5) is 14.5 Å². The van der Waals surface area contributed by atoms with Gasteiger partial charge in [-0.05, 0) is 30.4 Å². The van der Waals surface area contributed by atoms with Gasteiger partial charge in [0.15, 0.2) is 0 Å². The third kappa shape index (κ3) is 3.57. The summed E-state index contributed by atoms with van der Waals surface area (Å²) in [4.78, 5) is 14.2. The van der Waals surface area contributed by atoms with Crippen LogP contribution in [0.1, 0.15) is 26.7 Å². The third-order valence-electron chi connectivity index (χ3n) is 4.79. The maximum Gasteiger partial charge on any atom is 0.387 e. The highest BCUT2D eigenvalue weighted by Gasteiger charge is 2.51. The molecule has 3 rings (SSSR count). The van der Waals surface area contributed by atoms with Crippen LogP contribution < -0.4 is 15.0 Å². The lowest BCUT2D eigenvalue weighted by atomic mass is 10.1. The Morgan fingerprint density at radius 1 is 1.39 bits per heavy atom. The van der Waals surface area contributed by atoms with Crippen LogP contribution in [0.15, 0.2) is 24.3 Å². The number of carbonyl (C=O) groups is 1. The van der Waals surface area contributed by atoms with E-state index in [1.54, 1.807) is 24.3 Å². The van der Waals surface area contributed by atoms with Crippen molar-refractivity contribution in [2.75, 3.05) is 18.0 Å². The van der Waals surface area contributed by atoms with Crippen molar-refractivity contribution in [3.8, 4) is 5.75 Å². The van der Waals surface area contributed by atoms with Crippen LogP contribution >= 0.6 is 0 Å². The van der Waals surface area contributed by atoms with E-state index < -0.39 is 6.61 Å². The van der Waals surface area contributed by atoms with Crippen LogP contribution in [0.2, 0.25) is 0 Å². The van der Waals surface area contributed by atoms with Crippen molar-refractivity contribution in [3.63, 3.8) is 0 Å². The molecule has 1 saturated carbocycles. The molecule has 1 aromatic rings. The van der Waals surface area contributed by atoms with E-state index in [1.807, 2.05) is 4.90 Å². The van der Waals surface area contributed by atoms with Gasteiger partial charge in [0.2, 0.25) is 5.91 Å². The average molecular weight is 324 g/mol. The van der Waals surface area contributed by atoms with Gasteiger partial charge in [-0.25, -0.2) is 0 Å². The van der Waals surface area contributed by atoms with Crippen LogP contribution in [-0.2, 0) is 4.79 Å². The smallest absolute Gasteiger partial charge is 0.387 e. The molecule has 6 heteroatoms. The number of alkyl halides is 2. The molecule has 1 aliphatic heterocycles. The Morgan fingerprint density at radius 3 is 2.74 bits per heavy atom. The number of benzene rings is 1. The number of hydrogen-bond acceptors (Lipinski definition) is 3. The number of carbonyl (C=O) groups excluding carboxylic acids is 1. The van der Waals surface area contributed by atoms with E-state index in [0.29, 0.717) is 18.8 Å². The Kier molecular flexibility index (Phi) is 4.17. The first-order valence-corrected chi connectivity index (χ1v) is 7.96. The topological polar surface area (TPSA) is 41.6 Å². The van der Waals surface area contributed by atoms with Crippen molar-refractivity contribution in [1.82, 2.24) is 5.32 Å². The summed E-state index contributed by atoms with van der Waals surface area (Å²) in [6.07, 6.45) is 1.74. The average Bonchev–Trinajstić information content (AvgIpc) is 2.91. The highest BCUT2D eigenvalue weighted by molar-refractivity contribution is 5.82. The summed E-state index contributed by atoms with van der Waals surface area (Å²) >= 11 is 0. The molecular formula is C17H22F2N2O2. The zero-order valence-electron chi connectivity index (χ0n) is 13.4.